The van der Waals surface area contributed by atoms with Gasteiger partial charge in [0.25, 0.3) is 5.91 Å². The smallest absolute Gasteiger partial charge is 0.277 e. The Hall–Kier alpha value is -2.66. The lowest BCUT2D eigenvalue weighted by atomic mass is 10.1. The van der Waals surface area contributed by atoms with E-state index < -0.39 is 0 Å². The predicted octanol–water partition coefficient (Wildman–Crippen LogP) is 4.75. The number of benzene rings is 3. The summed E-state index contributed by atoms with van der Waals surface area (Å²) in [4.78, 5) is 12.0. The summed E-state index contributed by atoms with van der Waals surface area (Å²) in [6, 6.07) is 18.0. The lowest BCUT2D eigenvalue weighted by Crippen LogP contribution is -2.24. The van der Waals surface area contributed by atoms with Crippen LogP contribution in [0.1, 0.15) is 16.7 Å². The van der Waals surface area contributed by atoms with Crippen molar-refractivity contribution in [3.05, 3.63) is 75.8 Å². The molecule has 0 aliphatic rings. The first-order valence-electron chi connectivity index (χ1n) is 8.24. The minimum absolute atomic E-state index is 0.102. The lowest BCUT2D eigenvalue weighted by Gasteiger charge is -2.11. The zero-order chi connectivity index (χ0) is 18.5. The van der Waals surface area contributed by atoms with Crippen LogP contribution in [0.2, 0.25) is 0 Å². The molecule has 0 bridgehead atoms. The Kier molecular flexibility index (Phi) is 5.68. The molecule has 0 saturated heterocycles. The molecule has 26 heavy (non-hydrogen) atoms. The molecular weight excluding hydrogens is 392 g/mol. The molecular formula is C21H19BrN2O2. The summed E-state index contributed by atoms with van der Waals surface area (Å²) >= 11 is 3.47. The maximum Gasteiger partial charge on any atom is 0.277 e. The van der Waals surface area contributed by atoms with Crippen molar-refractivity contribution >= 4 is 38.8 Å². The van der Waals surface area contributed by atoms with Gasteiger partial charge in [0.2, 0.25) is 0 Å². The van der Waals surface area contributed by atoms with Crippen molar-refractivity contribution in [3.63, 3.8) is 0 Å². The van der Waals surface area contributed by atoms with E-state index in [0.29, 0.717) is 5.75 Å². The second kappa shape index (κ2) is 8.15. The van der Waals surface area contributed by atoms with Crippen molar-refractivity contribution in [2.75, 3.05) is 6.61 Å². The minimum Gasteiger partial charge on any atom is -0.482 e. The van der Waals surface area contributed by atoms with Gasteiger partial charge in [-0.2, -0.15) is 5.10 Å². The van der Waals surface area contributed by atoms with Crippen LogP contribution in [0.15, 0.2) is 64.2 Å². The van der Waals surface area contributed by atoms with Crippen molar-refractivity contribution in [2.24, 2.45) is 5.10 Å². The van der Waals surface area contributed by atoms with Crippen LogP contribution in [0.5, 0.6) is 5.75 Å². The number of carbonyl (C=O) groups excluding carboxylic acids is 1. The lowest BCUT2D eigenvalue weighted by molar-refractivity contribution is -0.123. The van der Waals surface area contributed by atoms with E-state index in [9.17, 15) is 4.79 Å². The molecule has 3 aromatic rings. The maximum absolute atomic E-state index is 12.0. The summed E-state index contributed by atoms with van der Waals surface area (Å²) in [5.41, 5.74) is 5.56. The molecule has 0 aromatic heterocycles. The van der Waals surface area contributed by atoms with E-state index in [1.54, 1.807) is 6.21 Å². The number of ether oxygens (including phenoxy) is 1. The molecule has 132 valence electrons. The second-order valence-corrected chi connectivity index (χ2v) is 6.90. The number of halogens is 1. The molecule has 0 radical (unpaired) electrons. The molecule has 0 unspecified atom stereocenters. The third-order valence-electron chi connectivity index (χ3n) is 3.94. The third kappa shape index (κ3) is 4.29. The number of nitrogens with one attached hydrogen (secondary N) is 1. The number of aryl methyl sites for hydroxylation is 2. The molecule has 0 heterocycles. The monoisotopic (exact) mass is 410 g/mol. The number of carbonyl (C=O) groups is 1. The topological polar surface area (TPSA) is 50.7 Å². The standard InChI is InChI=1S/C21H19BrN2O2/c1-14-10-15(2)21(19(22)11-14)26-13-20(25)24-23-12-17-8-5-7-16-6-3-4-9-18(16)17/h3-12H,13H2,1-2H3,(H,24,25)/b23-12-. The van der Waals surface area contributed by atoms with Crippen molar-refractivity contribution in [1.82, 2.24) is 5.43 Å². The SMILES string of the molecule is Cc1cc(C)c(OCC(=O)N/N=C\c2cccc3ccccc23)c(Br)c1. The maximum atomic E-state index is 12.0. The van der Waals surface area contributed by atoms with Crippen LogP contribution in [0, 0.1) is 13.8 Å². The summed E-state index contributed by atoms with van der Waals surface area (Å²) in [5, 5.41) is 6.26. The number of hydrogen-bond acceptors (Lipinski definition) is 3. The Morgan fingerprint density at radius 2 is 1.92 bits per heavy atom. The summed E-state index contributed by atoms with van der Waals surface area (Å²) < 4.78 is 6.46. The van der Waals surface area contributed by atoms with Gasteiger partial charge in [0, 0.05) is 5.56 Å². The molecule has 1 N–H and O–H groups in total. The van der Waals surface area contributed by atoms with Crippen LogP contribution in [0.3, 0.4) is 0 Å². The molecule has 1 amide bonds. The van der Waals surface area contributed by atoms with E-state index in [4.69, 9.17) is 4.74 Å². The van der Waals surface area contributed by atoms with Crippen molar-refractivity contribution in [1.29, 1.82) is 0 Å². The fourth-order valence-electron chi connectivity index (χ4n) is 2.79. The van der Waals surface area contributed by atoms with Crippen molar-refractivity contribution in [3.8, 4) is 5.75 Å². The van der Waals surface area contributed by atoms with Gasteiger partial charge < -0.3 is 4.74 Å². The zero-order valence-electron chi connectivity index (χ0n) is 14.6. The average Bonchev–Trinajstić information content (AvgIpc) is 2.61. The van der Waals surface area contributed by atoms with Gasteiger partial charge in [-0.05, 0) is 57.7 Å². The molecule has 5 heteroatoms. The van der Waals surface area contributed by atoms with Gasteiger partial charge in [-0.15, -0.1) is 0 Å². The van der Waals surface area contributed by atoms with Crippen LogP contribution < -0.4 is 10.2 Å². The van der Waals surface area contributed by atoms with Crippen molar-refractivity contribution < 1.29 is 9.53 Å². The number of amides is 1. The van der Waals surface area contributed by atoms with Crippen LogP contribution in [-0.4, -0.2) is 18.7 Å². The second-order valence-electron chi connectivity index (χ2n) is 6.04. The van der Waals surface area contributed by atoms with Crippen LogP contribution in [0.25, 0.3) is 10.8 Å². The number of hydrogen-bond donors (Lipinski definition) is 1. The Morgan fingerprint density at radius 1 is 1.15 bits per heavy atom. The van der Waals surface area contributed by atoms with E-state index in [1.807, 2.05) is 68.4 Å². The number of fused-ring (bicyclic) bond motifs is 1. The summed E-state index contributed by atoms with van der Waals surface area (Å²) in [7, 11) is 0. The summed E-state index contributed by atoms with van der Waals surface area (Å²) in [5.74, 6) is 0.358. The van der Waals surface area contributed by atoms with Crippen LogP contribution in [0.4, 0.5) is 0 Å². The zero-order valence-corrected chi connectivity index (χ0v) is 16.2. The Labute approximate surface area is 161 Å². The number of nitrogens with zero attached hydrogens (tertiary/aromatic N) is 1. The highest BCUT2D eigenvalue weighted by atomic mass is 79.9. The normalized spacial score (nSPS) is 11.0. The molecule has 3 rings (SSSR count). The van der Waals surface area contributed by atoms with Gasteiger partial charge in [-0.3, -0.25) is 4.79 Å². The molecule has 3 aromatic carbocycles. The van der Waals surface area contributed by atoms with Gasteiger partial charge in [0.05, 0.1) is 10.7 Å². The van der Waals surface area contributed by atoms with Crippen molar-refractivity contribution in [2.45, 2.75) is 13.8 Å². The molecule has 4 nitrogen and oxygen atoms in total. The van der Waals surface area contributed by atoms with E-state index in [-0.39, 0.29) is 12.5 Å². The van der Waals surface area contributed by atoms with Gasteiger partial charge in [-0.1, -0.05) is 48.5 Å². The highest BCUT2D eigenvalue weighted by Gasteiger charge is 2.09. The van der Waals surface area contributed by atoms with E-state index in [0.717, 1.165) is 31.9 Å². The Morgan fingerprint density at radius 3 is 2.73 bits per heavy atom. The highest BCUT2D eigenvalue weighted by Crippen LogP contribution is 2.30. The fourth-order valence-corrected chi connectivity index (χ4v) is 3.58. The Bertz CT molecular complexity index is 954. The van der Waals surface area contributed by atoms with Gasteiger partial charge in [0.1, 0.15) is 5.75 Å². The quantitative estimate of drug-likeness (QED) is 0.487. The summed E-state index contributed by atoms with van der Waals surface area (Å²) in [6.07, 6.45) is 1.65. The van der Waals surface area contributed by atoms with Gasteiger partial charge in [0.15, 0.2) is 6.61 Å². The predicted molar refractivity (Wildman–Crippen MR) is 109 cm³/mol. The molecule has 0 aliphatic heterocycles. The first kappa shape index (κ1) is 18.1. The molecule has 0 fully saturated rings. The highest BCUT2D eigenvalue weighted by molar-refractivity contribution is 9.10. The van der Waals surface area contributed by atoms with E-state index >= 15 is 0 Å². The fraction of sp³-hybridized carbons (Fsp3) is 0.143. The first-order chi connectivity index (χ1) is 12.5. The molecule has 0 spiro atoms. The largest absolute Gasteiger partial charge is 0.482 e. The first-order valence-corrected chi connectivity index (χ1v) is 9.03. The molecule has 0 atom stereocenters. The number of hydrazone groups is 1. The van der Waals surface area contributed by atoms with E-state index in [1.165, 1.54) is 0 Å². The Balaban J connectivity index is 1.61. The molecule has 0 aliphatic carbocycles. The molecule has 0 saturated carbocycles. The van der Waals surface area contributed by atoms with Crippen LogP contribution >= 0.6 is 15.9 Å². The third-order valence-corrected chi connectivity index (χ3v) is 4.53. The van der Waals surface area contributed by atoms with Gasteiger partial charge in [-0.25, -0.2) is 5.43 Å². The van der Waals surface area contributed by atoms with Gasteiger partial charge >= 0.3 is 0 Å². The minimum atomic E-state index is -0.312. The average molecular weight is 411 g/mol. The number of rotatable bonds is 5. The summed E-state index contributed by atoms with van der Waals surface area (Å²) in [6.45, 7) is 3.86. The van der Waals surface area contributed by atoms with E-state index in [2.05, 4.69) is 26.5 Å². The van der Waals surface area contributed by atoms with Crippen LogP contribution in [-0.2, 0) is 4.79 Å².